The number of nitrogens with zero attached hydrogens (tertiary/aromatic N) is 4. The van der Waals surface area contributed by atoms with Crippen molar-refractivity contribution in [3.05, 3.63) is 77.9 Å². The molecule has 0 radical (unpaired) electrons. The standard InChI is InChI=1S/C22H19N5O3S2/c28-22(23-16-7-4-10-18(15-16)26-12-6-14-32(26,29)30)20-24-21(19-11-5-13-31-19)27(25-20)17-8-2-1-3-9-17/h1-5,7-11,13,15H,6,12,14H2,(H,23,28). The van der Waals surface area contributed by atoms with Gasteiger partial charge < -0.3 is 5.32 Å². The van der Waals surface area contributed by atoms with E-state index in [0.29, 0.717) is 30.2 Å². The molecule has 0 atom stereocenters. The number of benzene rings is 2. The lowest BCUT2D eigenvalue weighted by Gasteiger charge is -2.17. The predicted molar refractivity (Wildman–Crippen MR) is 125 cm³/mol. The van der Waals surface area contributed by atoms with Crippen LogP contribution in [0, 0.1) is 0 Å². The van der Waals surface area contributed by atoms with E-state index in [9.17, 15) is 13.2 Å². The van der Waals surface area contributed by atoms with Crippen LogP contribution in [0.15, 0.2) is 72.1 Å². The molecule has 1 amide bonds. The summed E-state index contributed by atoms with van der Waals surface area (Å²) in [6.07, 6.45) is 0.589. The number of hydrogen-bond donors (Lipinski definition) is 1. The second kappa shape index (κ2) is 8.21. The van der Waals surface area contributed by atoms with Crippen molar-refractivity contribution >= 4 is 38.6 Å². The van der Waals surface area contributed by atoms with Gasteiger partial charge in [0.15, 0.2) is 5.82 Å². The monoisotopic (exact) mass is 465 g/mol. The molecule has 0 aliphatic carbocycles. The van der Waals surface area contributed by atoms with Gasteiger partial charge in [0.25, 0.3) is 5.91 Å². The number of aromatic nitrogens is 3. The maximum atomic E-state index is 13.0. The molecule has 0 unspecified atom stereocenters. The van der Waals surface area contributed by atoms with Crippen molar-refractivity contribution in [1.82, 2.24) is 14.8 Å². The number of hydrogen-bond acceptors (Lipinski definition) is 6. The Morgan fingerprint density at radius 2 is 1.81 bits per heavy atom. The Labute approximate surface area is 189 Å². The molecule has 162 valence electrons. The molecular formula is C22H19N5O3S2. The molecule has 1 fully saturated rings. The van der Waals surface area contributed by atoms with Crippen molar-refractivity contribution in [2.75, 3.05) is 21.9 Å². The first-order valence-corrected chi connectivity index (χ1v) is 12.5. The van der Waals surface area contributed by atoms with Crippen LogP contribution in [0.1, 0.15) is 17.0 Å². The number of carbonyl (C=O) groups is 1. The number of nitrogens with one attached hydrogen (secondary N) is 1. The Bertz CT molecular complexity index is 1370. The molecule has 0 saturated carbocycles. The molecule has 0 bridgehead atoms. The molecule has 1 aliphatic rings. The maximum absolute atomic E-state index is 13.0. The van der Waals surface area contributed by atoms with Gasteiger partial charge in [0.1, 0.15) is 0 Å². The van der Waals surface area contributed by atoms with E-state index in [0.717, 1.165) is 10.6 Å². The molecule has 2 aromatic heterocycles. The molecule has 4 aromatic rings. The van der Waals surface area contributed by atoms with Gasteiger partial charge in [0.2, 0.25) is 15.8 Å². The van der Waals surface area contributed by atoms with Gasteiger partial charge in [0, 0.05) is 12.2 Å². The van der Waals surface area contributed by atoms with Crippen molar-refractivity contribution in [2.45, 2.75) is 6.42 Å². The van der Waals surface area contributed by atoms with Gasteiger partial charge >= 0.3 is 0 Å². The highest BCUT2D eigenvalue weighted by atomic mass is 32.2. The summed E-state index contributed by atoms with van der Waals surface area (Å²) in [4.78, 5) is 18.3. The number of carbonyl (C=O) groups excluding carboxylic acids is 1. The topological polar surface area (TPSA) is 97.2 Å². The minimum Gasteiger partial charge on any atom is -0.319 e. The zero-order valence-electron chi connectivity index (χ0n) is 16.9. The Morgan fingerprint density at radius 3 is 2.53 bits per heavy atom. The third-order valence-corrected chi connectivity index (χ3v) is 7.78. The number of anilines is 2. The predicted octanol–water partition coefficient (Wildman–Crippen LogP) is 3.79. The number of sulfonamides is 1. The van der Waals surface area contributed by atoms with Crippen LogP contribution in [0.5, 0.6) is 0 Å². The maximum Gasteiger partial charge on any atom is 0.295 e. The molecule has 10 heteroatoms. The van der Waals surface area contributed by atoms with Crippen LogP contribution in [0.25, 0.3) is 16.4 Å². The van der Waals surface area contributed by atoms with Gasteiger partial charge in [-0.1, -0.05) is 30.3 Å². The second-order valence-electron chi connectivity index (χ2n) is 7.23. The number of amides is 1. The zero-order valence-corrected chi connectivity index (χ0v) is 18.5. The highest BCUT2D eigenvalue weighted by molar-refractivity contribution is 7.93. The van der Waals surface area contributed by atoms with Crippen LogP contribution in [0.3, 0.4) is 0 Å². The Hall–Kier alpha value is -3.50. The fourth-order valence-corrected chi connectivity index (χ4v) is 5.83. The number of thiophene rings is 1. The first kappa shape index (κ1) is 20.4. The average molecular weight is 466 g/mol. The van der Waals surface area contributed by atoms with Crippen LogP contribution < -0.4 is 9.62 Å². The van der Waals surface area contributed by atoms with Gasteiger partial charge in [-0.15, -0.1) is 16.4 Å². The second-order valence-corrected chi connectivity index (χ2v) is 10.2. The quantitative estimate of drug-likeness (QED) is 0.484. The molecule has 8 nitrogen and oxygen atoms in total. The van der Waals surface area contributed by atoms with Crippen LogP contribution in [-0.4, -0.2) is 41.4 Å². The molecule has 32 heavy (non-hydrogen) atoms. The van der Waals surface area contributed by atoms with E-state index in [2.05, 4.69) is 15.4 Å². The molecule has 3 heterocycles. The van der Waals surface area contributed by atoms with Gasteiger partial charge in [-0.3, -0.25) is 9.10 Å². The molecule has 1 N–H and O–H groups in total. The van der Waals surface area contributed by atoms with Crippen LogP contribution in [-0.2, 0) is 10.0 Å². The third-order valence-electron chi connectivity index (χ3n) is 5.04. The Morgan fingerprint density at radius 1 is 1.00 bits per heavy atom. The van der Waals surface area contributed by atoms with Crippen molar-refractivity contribution < 1.29 is 13.2 Å². The van der Waals surface area contributed by atoms with Crippen LogP contribution in [0.2, 0.25) is 0 Å². The Balaban J connectivity index is 1.45. The van der Waals surface area contributed by atoms with Gasteiger partial charge in [-0.25, -0.2) is 18.1 Å². The summed E-state index contributed by atoms with van der Waals surface area (Å²) in [5.41, 5.74) is 1.80. The summed E-state index contributed by atoms with van der Waals surface area (Å²) < 4.78 is 27.5. The van der Waals surface area contributed by atoms with Gasteiger partial charge in [-0.2, -0.15) is 0 Å². The van der Waals surface area contributed by atoms with E-state index in [1.54, 1.807) is 28.9 Å². The fourth-order valence-electron chi connectivity index (χ4n) is 3.58. The van der Waals surface area contributed by atoms with Crippen molar-refractivity contribution in [3.63, 3.8) is 0 Å². The summed E-state index contributed by atoms with van der Waals surface area (Å²) in [5, 5.41) is 9.18. The Kier molecular flexibility index (Phi) is 5.24. The summed E-state index contributed by atoms with van der Waals surface area (Å²) in [6.45, 7) is 0.437. The van der Waals surface area contributed by atoms with E-state index < -0.39 is 15.9 Å². The molecule has 2 aromatic carbocycles. The van der Waals surface area contributed by atoms with E-state index in [4.69, 9.17) is 0 Å². The zero-order chi connectivity index (χ0) is 22.1. The summed E-state index contributed by atoms with van der Waals surface area (Å²) in [6, 6.07) is 20.1. The van der Waals surface area contributed by atoms with Crippen molar-refractivity contribution in [2.24, 2.45) is 0 Å². The lowest BCUT2D eigenvalue weighted by atomic mass is 10.2. The smallest absolute Gasteiger partial charge is 0.295 e. The molecular weight excluding hydrogens is 446 g/mol. The first-order valence-electron chi connectivity index (χ1n) is 9.99. The third kappa shape index (κ3) is 3.90. The van der Waals surface area contributed by atoms with Gasteiger partial charge in [0.05, 0.1) is 22.0 Å². The van der Waals surface area contributed by atoms with E-state index >= 15 is 0 Å². The molecule has 1 aliphatic heterocycles. The summed E-state index contributed by atoms with van der Waals surface area (Å²) >= 11 is 1.51. The van der Waals surface area contributed by atoms with E-state index in [1.165, 1.54) is 15.6 Å². The lowest BCUT2D eigenvalue weighted by Crippen LogP contribution is -2.25. The minimum atomic E-state index is -3.30. The van der Waals surface area contributed by atoms with Crippen molar-refractivity contribution in [3.8, 4) is 16.4 Å². The highest BCUT2D eigenvalue weighted by Crippen LogP contribution is 2.28. The van der Waals surface area contributed by atoms with Crippen LogP contribution >= 0.6 is 11.3 Å². The lowest BCUT2D eigenvalue weighted by molar-refractivity contribution is 0.101. The van der Waals surface area contributed by atoms with Crippen molar-refractivity contribution in [1.29, 1.82) is 0 Å². The minimum absolute atomic E-state index is 0.0245. The molecule has 1 saturated heterocycles. The van der Waals surface area contributed by atoms with Gasteiger partial charge in [-0.05, 0) is 48.2 Å². The van der Waals surface area contributed by atoms with E-state index in [1.807, 2.05) is 47.8 Å². The molecule has 0 spiro atoms. The highest BCUT2D eigenvalue weighted by Gasteiger charge is 2.28. The molecule has 5 rings (SSSR count). The van der Waals surface area contributed by atoms with Crippen LogP contribution in [0.4, 0.5) is 11.4 Å². The van der Waals surface area contributed by atoms with E-state index in [-0.39, 0.29) is 11.6 Å². The summed E-state index contributed by atoms with van der Waals surface area (Å²) in [7, 11) is -3.30. The summed E-state index contributed by atoms with van der Waals surface area (Å²) in [5.74, 6) is 0.263. The number of rotatable bonds is 5. The number of para-hydroxylation sites is 1. The fraction of sp³-hybridized carbons (Fsp3) is 0.136. The largest absolute Gasteiger partial charge is 0.319 e. The normalized spacial score (nSPS) is 15.1. The SMILES string of the molecule is O=C(Nc1cccc(N2CCCS2(=O)=O)c1)c1nc(-c2cccs2)n(-c2ccccc2)n1. The average Bonchev–Trinajstić information content (AvgIpc) is 3.53. The first-order chi connectivity index (χ1) is 15.5.